The molecule has 1 aromatic heterocycles. The van der Waals surface area contributed by atoms with Crippen LogP contribution in [-0.2, 0) is 4.79 Å². The molecule has 0 spiro atoms. The van der Waals surface area contributed by atoms with Crippen molar-refractivity contribution in [1.82, 2.24) is 15.1 Å². The Morgan fingerprint density at radius 2 is 1.73 bits per heavy atom. The van der Waals surface area contributed by atoms with Crippen LogP contribution in [0.5, 0.6) is 0 Å². The second kappa shape index (κ2) is 8.92. The number of aryl methyl sites for hydroxylation is 2. The van der Waals surface area contributed by atoms with Gasteiger partial charge in [-0.3, -0.25) is 4.79 Å². The monoisotopic (exact) mass is 422 g/mol. The first-order valence-corrected chi connectivity index (χ1v) is 11.1. The summed E-state index contributed by atoms with van der Waals surface area (Å²) in [7, 11) is 0. The molecule has 2 aromatic carbocycles. The number of hydrogen-bond donors (Lipinski definition) is 0. The highest BCUT2D eigenvalue weighted by atomic mass is 32.2. The lowest BCUT2D eigenvalue weighted by Gasteiger charge is -2.37. The van der Waals surface area contributed by atoms with Crippen LogP contribution in [0.4, 0.5) is 5.69 Å². The first-order valence-electron chi connectivity index (χ1n) is 10.2. The minimum Gasteiger partial charge on any atom is -0.411 e. The van der Waals surface area contributed by atoms with Crippen molar-refractivity contribution in [3.8, 4) is 11.5 Å². The minimum absolute atomic E-state index is 0.110. The fourth-order valence-corrected chi connectivity index (χ4v) is 4.30. The van der Waals surface area contributed by atoms with E-state index in [1.165, 1.54) is 28.6 Å². The highest BCUT2D eigenvalue weighted by Crippen LogP contribution is 2.28. The van der Waals surface area contributed by atoms with Gasteiger partial charge < -0.3 is 14.2 Å². The number of aromatic nitrogens is 2. The van der Waals surface area contributed by atoms with Gasteiger partial charge in [-0.1, -0.05) is 36.0 Å². The summed E-state index contributed by atoms with van der Waals surface area (Å²) in [4.78, 5) is 17.1. The van der Waals surface area contributed by atoms with Crippen LogP contribution in [0.25, 0.3) is 11.5 Å². The zero-order valence-electron chi connectivity index (χ0n) is 17.5. The summed E-state index contributed by atoms with van der Waals surface area (Å²) in [5.74, 6) is 0.593. The van der Waals surface area contributed by atoms with E-state index in [1.54, 1.807) is 0 Å². The Morgan fingerprint density at radius 3 is 2.43 bits per heavy atom. The summed E-state index contributed by atoms with van der Waals surface area (Å²) in [6.45, 7) is 9.14. The maximum absolute atomic E-state index is 12.9. The number of anilines is 1. The molecule has 1 saturated heterocycles. The van der Waals surface area contributed by atoms with Gasteiger partial charge in [-0.25, -0.2) is 0 Å². The molecule has 3 aromatic rings. The number of hydrogen-bond acceptors (Lipinski definition) is 6. The highest BCUT2D eigenvalue weighted by Gasteiger charge is 2.27. The fraction of sp³-hybridized carbons (Fsp3) is 0.348. The number of thioether (sulfide) groups is 1. The number of piperazine rings is 1. The van der Waals surface area contributed by atoms with Gasteiger partial charge in [0, 0.05) is 37.4 Å². The van der Waals surface area contributed by atoms with Crippen LogP contribution in [0, 0.1) is 13.8 Å². The predicted molar refractivity (Wildman–Crippen MR) is 120 cm³/mol. The Hall–Kier alpha value is -2.80. The molecular formula is C23H26N4O2S. The normalized spacial score (nSPS) is 15.3. The van der Waals surface area contributed by atoms with Crippen LogP contribution in [-0.4, -0.2) is 52.4 Å². The third kappa shape index (κ3) is 4.51. The zero-order valence-corrected chi connectivity index (χ0v) is 18.4. The number of carbonyl (C=O) groups excluding carboxylic acids is 1. The van der Waals surface area contributed by atoms with E-state index in [0.717, 1.165) is 31.7 Å². The molecular weight excluding hydrogens is 396 g/mol. The molecule has 156 valence electrons. The number of benzene rings is 2. The van der Waals surface area contributed by atoms with Gasteiger partial charge >= 0.3 is 0 Å². The molecule has 1 fully saturated rings. The Kier molecular flexibility index (Phi) is 6.08. The van der Waals surface area contributed by atoms with Crippen molar-refractivity contribution in [2.75, 3.05) is 31.1 Å². The number of carbonyl (C=O) groups is 1. The molecule has 0 bridgehead atoms. The third-order valence-corrected chi connectivity index (χ3v) is 6.42. The number of amides is 1. The van der Waals surface area contributed by atoms with Gasteiger partial charge in [0.05, 0.1) is 5.25 Å². The average molecular weight is 423 g/mol. The van der Waals surface area contributed by atoms with Crippen molar-refractivity contribution in [3.63, 3.8) is 0 Å². The molecule has 0 unspecified atom stereocenters. The van der Waals surface area contributed by atoms with Gasteiger partial charge in [0.2, 0.25) is 11.8 Å². The molecule has 2 heterocycles. The van der Waals surface area contributed by atoms with Gasteiger partial charge in [0.15, 0.2) is 0 Å². The molecule has 1 aliphatic rings. The Balaban J connectivity index is 1.34. The lowest BCUT2D eigenvalue weighted by Crippen LogP contribution is -2.50. The summed E-state index contributed by atoms with van der Waals surface area (Å²) in [5, 5.41) is 8.43. The van der Waals surface area contributed by atoms with Crippen molar-refractivity contribution in [1.29, 1.82) is 0 Å². The topological polar surface area (TPSA) is 62.5 Å². The molecule has 0 aliphatic carbocycles. The second-order valence-corrected chi connectivity index (χ2v) is 8.87. The van der Waals surface area contributed by atoms with Gasteiger partial charge in [-0.05, 0) is 56.2 Å². The fourth-order valence-electron chi connectivity index (χ4n) is 3.53. The number of rotatable bonds is 5. The van der Waals surface area contributed by atoms with E-state index < -0.39 is 0 Å². The summed E-state index contributed by atoms with van der Waals surface area (Å²) < 4.78 is 5.81. The van der Waals surface area contributed by atoms with E-state index >= 15 is 0 Å². The Bertz CT molecular complexity index is 1010. The highest BCUT2D eigenvalue weighted by molar-refractivity contribution is 8.00. The van der Waals surface area contributed by atoms with Crippen molar-refractivity contribution in [3.05, 3.63) is 59.7 Å². The Morgan fingerprint density at radius 1 is 1.00 bits per heavy atom. The van der Waals surface area contributed by atoms with Gasteiger partial charge in [0.1, 0.15) is 0 Å². The summed E-state index contributed by atoms with van der Waals surface area (Å²) in [6, 6.07) is 16.4. The lowest BCUT2D eigenvalue weighted by molar-refractivity contribution is -0.130. The molecule has 1 atom stereocenters. The zero-order chi connectivity index (χ0) is 21.1. The molecule has 6 nitrogen and oxygen atoms in total. The molecule has 0 N–H and O–H groups in total. The van der Waals surface area contributed by atoms with Crippen molar-refractivity contribution >= 4 is 23.4 Å². The maximum Gasteiger partial charge on any atom is 0.277 e. The van der Waals surface area contributed by atoms with Gasteiger partial charge in [0.25, 0.3) is 5.22 Å². The lowest BCUT2D eigenvalue weighted by atomic mass is 10.1. The van der Waals surface area contributed by atoms with E-state index in [2.05, 4.69) is 41.1 Å². The quantitative estimate of drug-likeness (QED) is 0.575. The molecule has 0 radical (unpaired) electrons. The second-order valence-electron chi connectivity index (χ2n) is 7.58. The largest absolute Gasteiger partial charge is 0.411 e. The molecule has 1 aliphatic heterocycles. The molecule has 30 heavy (non-hydrogen) atoms. The van der Waals surface area contributed by atoms with Crippen molar-refractivity contribution in [2.45, 2.75) is 31.2 Å². The molecule has 7 heteroatoms. The van der Waals surface area contributed by atoms with Crippen molar-refractivity contribution in [2.24, 2.45) is 0 Å². The van der Waals surface area contributed by atoms with Crippen LogP contribution in [0.15, 0.2) is 58.2 Å². The predicted octanol–water partition coefficient (Wildman–Crippen LogP) is 4.18. The van der Waals surface area contributed by atoms with Crippen molar-refractivity contribution < 1.29 is 9.21 Å². The van der Waals surface area contributed by atoms with Crippen LogP contribution in [0.1, 0.15) is 18.1 Å². The van der Waals surface area contributed by atoms with E-state index in [9.17, 15) is 4.79 Å². The summed E-state index contributed by atoms with van der Waals surface area (Å²) in [6.07, 6.45) is 0. The van der Waals surface area contributed by atoms with Gasteiger partial charge in [-0.15, -0.1) is 10.2 Å². The van der Waals surface area contributed by atoms with E-state index in [0.29, 0.717) is 11.1 Å². The first-order chi connectivity index (χ1) is 14.5. The third-order valence-electron chi connectivity index (χ3n) is 5.50. The smallest absolute Gasteiger partial charge is 0.277 e. The molecule has 0 saturated carbocycles. The van der Waals surface area contributed by atoms with E-state index in [1.807, 2.05) is 48.2 Å². The first kappa shape index (κ1) is 20.5. The van der Waals surface area contributed by atoms with Crippen LogP contribution in [0.3, 0.4) is 0 Å². The maximum atomic E-state index is 12.9. The number of nitrogens with zero attached hydrogens (tertiary/aromatic N) is 4. The molecule has 1 amide bonds. The Labute approximate surface area is 181 Å². The van der Waals surface area contributed by atoms with Crippen LogP contribution in [0.2, 0.25) is 0 Å². The number of para-hydroxylation sites is 1. The van der Waals surface area contributed by atoms with Crippen LogP contribution < -0.4 is 4.90 Å². The van der Waals surface area contributed by atoms with E-state index in [4.69, 9.17) is 4.42 Å². The SMILES string of the molecule is Cc1ccc(-c2nnc(S[C@H](C)C(=O)N3CCN(c4ccccc4)CC3)o2)cc1C. The van der Waals surface area contributed by atoms with Gasteiger partial charge in [-0.2, -0.15) is 0 Å². The van der Waals surface area contributed by atoms with Crippen LogP contribution >= 0.6 is 11.8 Å². The molecule has 4 rings (SSSR count). The summed E-state index contributed by atoms with van der Waals surface area (Å²) in [5.41, 5.74) is 4.50. The average Bonchev–Trinajstić information content (AvgIpc) is 3.24. The minimum atomic E-state index is -0.277. The standard InChI is InChI=1S/C23H26N4O2S/c1-16-9-10-19(15-17(16)2)21-24-25-23(29-21)30-18(3)22(28)27-13-11-26(12-14-27)20-7-5-4-6-8-20/h4-10,15,18H,11-14H2,1-3H3/t18-/m1/s1. The van der Waals surface area contributed by atoms with E-state index in [-0.39, 0.29) is 11.2 Å². The summed E-state index contributed by atoms with van der Waals surface area (Å²) >= 11 is 1.32.